The van der Waals surface area contributed by atoms with Crippen molar-refractivity contribution in [2.24, 2.45) is 0 Å². The molecular formula is C19H16S. The maximum atomic E-state index is 2.20. The van der Waals surface area contributed by atoms with Gasteiger partial charge in [0.2, 0.25) is 0 Å². The molecule has 0 spiro atoms. The highest BCUT2D eigenvalue weighted by Crippen LogP contribution is 2.36. The van der Waals surface area contributed by atoms with E-state index in [1.807, 2.05) is 11.8 Å². The molecule has 0 unspecified atom stereocenters. The van der Waals surface area contributed by atoms with Gasteiger partial charge in [0.1, 0.15) is 0 Å². The van der Waals surface area contributed by atoms with E-state index in [9.17, 15) is 0 Å². The van der Waals surface area contributed by atoms with Gasteiger partial charge in [-0.15, -0.1) is 0 Å². The fraction of sp³-hybridized carbons (Fsp3) is 0.0526. The Balaban J connectivity index is 2.03. The predicted octanol–water partition coefficient (Wildman–Crippen LogP) is 5.81. The Morgan fingerprint density at radius 2 is 1.20 bits per heavy atom. The van der Waals surface area contributed by atoms with E-state index in [1.54, 1.807) is 0 Å². The topological polar surface area (TPSA) is 0 Å². The van der Waals surface area contributed by atoms with Crippen molar-refractivity contribution < 1.29 is 0 Å². The molecule has 0 fully saturated rings. The minimum Gasteiger partial charge on any atom is -0.0895 e. The molecule has 0 aromatic heterocycles. The Morgan fingerprint density at radius 3 is 1.95 bits per heavy atom. The van der Waals surface area contributed by atoms with Crippen molar-refractivity contribution in [2.75, 3.05) is 0 Å². The Kier molecular flexibility index (Phi) is 3.89. The fourth-order valence-electron chi connectivity index (χ4n) is 2.27. The van der Waals surface area contributed by atoms with E-state index < -0.39 is 0 Å². The van der Waals surface area contributed by atoms with Gasteiger partial charge >= 0.3 is 0 Å². The zero-order valence-corrected chi connectivity index (χ0v) is 12.2. The highest BCUT2D eigenvalue weighted by Gasteiger charge is 2.07. The highest BCUT2D eigenvalue weighted by molar-refractivity contribution is 7.99. The van der Waals surface area contributed by atoms with Crippen LogP contribution in [0.5, 0.6) is 0 Å². The standard InChI is InChI=1S/C19H16S/c1-15-9-5-6-12-17(15)18-13-7-8-14-19(18)20-16-10-3-2-4-11-16/h2-14H,1H3. The molecule has 0 saturated carbocycles. The van der Waals surface area contributed by atoms with Gasteiger partial charge in [-0.3, -0.25) is 0 Å². The average Bonchev–Trinajstić information content (AvgIpc) is 2.50. The summed E-state index contributed by atoms with van der Waals surface area (Å²) in [6.07, 6.45) is 0. The minimum atomic E-state index is 1.27. The van der Waals surface area contributed by atoms with Crippen LogP contribution >= 0.6 is 11.8 Å². The fourth-order valence-corrected chi connectivity index (χ4v) is 3.25. The lowest BCUT2D eigenvalue weighted by atomic mass is 10.0. The summed E-state index contributed by atoms with van der Waals surface area (Å²) in [7, 11) is 0. The molecule has 3 rings (SSSR count). The van der Waals surface area contributed by atoms with Crippen LogP contribution in [0.1, 0.15) is 5.56 Å². The van der Waals surface area contributed by atoms with Gasteiger partial charge < -0.3 is 0 Å². The van der Waals surface area contributed by atoms with Crippen molar-refractivity contribution in [2.45, 2.75) is 16.7 Å². The zero-order chi connectivity index (χ0) is 13.8. The van der Waals surface area contributed by atoms with E-state index in [2.05, 4.69) is 85.8 Å². The average molecular weight is 276 g/mol. The molecule has 20 heavy (non-hydrogen) atoms. The summed E-state index contributed by atoms with van der Waals surface area (Å²) in [5.41, 5.74) is 3.93. The minimum absolute atomic E-state index is 1.27. The summed E-state index contributed by atoms with van der Waals surface area (Å²) in [5, 5.41) is 0. The number of benzene rings is 3. The second-order valence-electron chi connectivity index (χ2n) is 4.73. The van der Waals surface area contributed by atoms with E-state index in [0.29, 0.717) is 0 Å². The second-order valence-corrected chi connectivity index (χ2v) is 5.84. The molecule has 0 bridgehead atoms. The van der Waals surface area contributed by atoms with Crippen LogP contribution in [0.3, 0.4) is 0 Å². The van der Waals surface area contributed by atoms with Crippen molar-refractivity contribution in [1.29, 1.82) is 0 Å². The highest BCUT2D eigenvalue weighted by atomic mass is 32.2. The molecule has 0 aliphatic carbocycles. The molecule has 0 saturated heterocycles. The lowest BCUT2D eigenvalue weighted by molar-refractivity contribution is 1.37. The van der Waals surface area contributed by atoms with Crippen molar-refractivity contribution in [1.82, 2.24) is 0 Å². The quantitative estimate of drug-likeness (QED) is 0.581. The van der Waals surface area contributed by atoms with Gasteiger partial charge in [0.25, 0.3) is 0 Å². The Labute approximate surface area is 124 Å². The van der Waals surface area contributed by atoms with Gasteiger partial charge in [0.15, 0.2) is 0 Å². The van der Waals surface area contributed by atoms with E-state index in [1.165, 1.54) is 26.5 Å². The normalized spacial score (nSPS) is 10.4. The van der Waals surface area contributed by atoms with Crippen LogP contribution in [-0.4, -0.2) is 0 Å². The Morgan fingerprint density at radius 1 is 0.600 bits per heavy atom. The second kappa shape index (κ2) is 5.98. The largest absolute Gasteiger partial charge is 0.0895 e. The van der Waals surface area contributed by atoms with Crippen LogP contribution in [0.15, 0.2) is 88.7 Å². The monoisotopic (exact) mass is 276 g/mol. The maximum absolute atomic E-state index is 2.20. The summed E-state index contributed by atoms with van der Waals surface area (Å²) >= 11 is 1.82. The van der Waals surface area contributed by atoms with E-state index >= 15 is 0 Å². The predicted molar refractivity (Wildman–Crippen MR) is 87.2 cm³/mol. The van der Waals surface area contributed by atoms with Crippen LogP contribution in [0.4, 0.5) is 0 Å². The van der Waals surface area contributed by atoms with Gasteiger partial charge in [0.05, 0.1) is 0 Å². The molecule has 0 nitrogen and oxygen atoms in total. The van der Waals surface area contributed by atoms with E-state index in [4.69, 9.17) is 0 Å². The SMILES string of the molecule is Cc1ccccc1-c1ccccc1Sc1ccccc1. The van der Waals surface area contributed by atoms with Gasteiger partial charge in [-0.25, -0.2) is 0 Å². The number of rotatable bonds is 3. The first-order valence-electron chi connectivity index (χ1n) is 6.72. The Hall–Kier alpha value is -1.99. The van der Waals surface area contributed by atoms with Crippen LogP contribution < -0.4 is 0 Å². The number of hydrogen-bond donors (Lipinski definition) is 0. The van der Waals surface area contributed by atoms with Gasteiger partial charge in [-0.1, -0.05) is 72.4 Å². The third-order valence-electron chi connectivity index (χ3n) is 3.29. The maximum Gasteiger partial charge on any atom is 0.0200 e. The molecule has 0 radical (unpaired) electrons. The van der Waals surface area contributed by atoms with E-state index in [0.717, 1.165) is 0 Å². The summed E-state index contributed by atoms with van der Waals surface area (Å²) < 4.78 is 0. The number of hydrogen-bond acceptors (Lipinski definition) is 1. The van der Waals surface area contributed by atoms with Crippen molar-refractivity contribution in [3.63, 3.8) is 0 Å². The van der Waals surface area contributed by atoms with Crippen molar-refractivity contribution in [3.8, 4) is 11.1 Å². The molecule has 3 aromatic carbocycles. The summed E-state index contributed by atoms with van der Waals surface area (Å²) in [4.78, 5) is 2.57. The molecule has 0 N–H and O–H groups in total. The first-order valence-corrected chi connectivity index (χ1v) is 7.54. The molecule has 98 valence electrons. The summed E-state index contributed by atoms with van der Waals surface area (Å²) in [6.45, 7) is 2.17. The third kappa shape index (κ3) is 2.78. The molecule has 0 aliphatic heterocycles. The lowest BCUT2D eigenvalue weighted by Crippen LogP contribution is -1.85. The zero-order valence-electron chi connectivity index (χ0n) is 11.4. The molecule has 1 heteroatoms. The van der Waals surface area contributed by atoms with Crippen molar-refractivity contribution in [3.05, 3.63) is 84.4 Å². The first-order chi connectivity index (χ1) is 9.84. The molecule has 0 atom stereocenters. The molecule has 0 heterocycles. The van der Waals surface area contributed by atoms with Crippen LogP contribution in [0, 0.1) is 6.92 Å². The molecule has 3 aromatic rings. The van der Waals surface area contributed by atoms with Crippen LogP contribution in [-0.2, 0) is 0 Å². The number of aryl methyl sites for hydroxylation is 1. The van der Waals surface area contributed by atoms with Crippen LogP contribution in [0.25, 0.3) is 11.1 Å². The molecule has 0 amide bonds. The van der Waals surface area contributed by atoms with Gasteiger partial charge in [-0.05, 0) is 41.8 Å². The Bertz CT molecular complexity index is 702. The smallest absolute Gasteiger partial charge is 0.0200 e. The van der Waals surface area contributed by atoms with Crippen molar-refractivity contribution >= 4 is 11.8 Å². The van der Waals surface area contributed by atoms with Crippen LogP contribution in [0.2, 0.25) is 0 Å². The van der Waals surface area contributed by atoms with Gasteiger partial charge in [-0.2, -0.15) is 0 Å². The lowest BCUT2D eigenvalue weighted by Gasteiger charge is -2.11. The summed E-state index contributed by atoms with van der Waals surface area (Å²) in [5.74, 6) is 0. The van der Waals surface area contributed by atoms with Gasteiger partial charge in [0, 0.05) is 9.79 Å². The first kappa shape index (κ1) is 13.0. The molecular weight excluding hydrogens is 260 g/mol. The summed E-state index contributed by atoms with van der Waals surface area (Å²) in [6, 6.07) is 27.7. The third-order valence-corrected chi connectivity index (χ3v) is 4.38. The van der Waals surface area contributed by atoms with E-state index in [-0.39, 0.29) is 0 Å². The molecule has 0 aliphatic rings.